The van der Waals surface area contributed by atoms with E-state index < -0.39 is 5.97 Å². The van der Waals surface area contributed by atoms with Crippen LogP contribution in [-0.2, 0) is 6.54 Å². The third-order valence-corrected chi connectivity index (χ3v) is 3.25. The van der Waals surface area contributed by atoms with Crippen LogP contribution in [0.4, 0.5) is 0 Å². The van der Waals surface area contributed by atoms with Crippen LogP contribution in [0.5, 0.6) is 0 Å². The number of carbonyl (C=O) groups is 1. The Balaban J connectivity index is 2.53. The minimum atomic E-state index is -0.891. The zero-order valence-electron chi connectivity index (χ0n) is 11.5. The Morgan fingerprint density at radius 3 is 2.68 bits per heavy atom. The average molecular weight is 258 g/mol. The van der Waals surface area contributed by atoms with E-state index >= 15 is 0 Å². The molecule has 1 N–H and O–H groups in total. The second-order valence-corrected chi connectivity index (χ2v) is 4.67. The summed E-state index contributed by atoms with van der Waals surface area (Å²) in [5, 5.41) is 13.6. The Labute approximate surface area is 112 Å². The lowest BCUT2D eigenvalue weighted by Crippen LogP contribution is -2.00. The summed E-state index contributed by atoms with van der Waals surface area (Å²) in [6.45, 7) is 6.77. The normalized spacial score (nSPS) is 10.7. The number of nitrogens with zero attached hydrogens (tertiary/aromatic N) is 2. The second kappa shape index (κ2) is 5.26. The molecule has 0 spiro atoms. The molecule has 0 aliphatic rings. The van der Waals surface area contributed by atoms with Crippen molar-refractivity contribution in [3.8, 4) is 11.1 Å². The van der Waals surface area contributed by atoms with Crippen molar-refractivity contribution < 1.29 is 9.90 Å². The maximum atomic E-state index is 11.2. The number of aromatic carboxylic acids is 1. The van der Waals surface area contributed by atoms with Gasteiger partial charge in [0.1, 0.15) is 0 Å². The molecular weight excluding hydrogens is 240 g/mol. The van der Waals surface area contributed by atoms with Crippen LogP contribution in [0, 0.1) is 13.8 Å². The third-order valence-electron chi connectivity index (χ3n) is 3.25. The van der Waals surface area contributed by atoms with Crippen LogP contribution >= 0.6 is 0 Å². The van der Waals surface area contributed by atoms with Crippen LogP contribution in [0.2, 0.25) is 0 Å². The molecule has 0 aliphatic heterocycles. The molecule has 0 amide bonds. The molecule has 0 radical (unpaired) electrons. The number of carboxylic acid groups (broad SMARTS) is 1. The molecule has 100 valence electrons. The van der Waals surface area contributed by atoms with Crippen molar-refractivity contribution >= 4 is 5.97 Å². The topological polar surface area (TPSA) is 55.1 Å². The highest BCUT2D eigenvalue weighted by Gasteiger charge is 2.14. The fourth-order valence-corrected chi connectivity index (χ4v) is 2.29. The van der Waals surface area contributed by atoms with E-state index in [1.165, 1.54) is 0 Å². The molecule has 0 aliphatic carbocycles. The zero-order chi connectivity index (χ0) is 14.0. The smallest absolute Gasteiger partial charge is 0.335 e. The molecule has 1 aromatic carbocycles. The molecule has 0 unspecified atom stereocenters. The van der Waals surface area contributed by atoms with E-state index in [9.17, 15) is 9.90 Å². The molecule has 1 aromatic heterocycles. The van der Waals surface area contributed by atoms with Gasteiger partial charge in [-0.15, -0.1) is 0 Å². The van der Waals surface area contributed by atoms with Gasteiger partial charge in [0.2, 0.25) is 0 Å². The molecule has 0 saturated heterocycles. The lowest BCUT2D eigenvalue weighted by atomic mass is 9.97. The highest BCUT2D eigenvalue weighted by atomic mass is 16.4. The lowest BCUT2D eigenvalue weighted by molar-refractivity contribution is 0.0696. The first-order valence-corrected chi connectivity index (χ1v) is 6.42. The number of aryl methyl sites for hydroxylation is 2. The second-order valence-electron chi connectivity index (χ2n) is 4.67. The van der Waals surface area contributed by atoms with Gasteiger partial charge in [0.15, 0.2) is 0 Å². The largest absolute Gasteiger partial charge is 0.478 e. The molecule has 0 atom stereocenters. The Morgan fingerprint density at radius 1 is 1.32 bits per heavy atom. The molecule has 2 aromatic rings. The van der Waals surface area contributed by atoms with Crippen LogP contribution in [-0.4, -0.2) is 20.9 Å². The van der Waals surface area contributed by atoms with E-state index in [1.54, 1.807) is 12.1 Å². The van der Waals surface area contributed by atoms with Crippen LogP contribution in [0.3, 0.4) is 0 Å². The Morgan fingerprint density at radius 2 is 2.05 bits per heavy atom. The van der Waals surface area contributed by atoms with Gasteiger partial charge in [0.05, 0.1) is 11.3 Å². The summed E-state index contributed by atoms with van der Waals surface area (Å²) in [6.07, 6.45) is 3.02. The van der Waals surface area contributed by atoms with Gasteiger partial charge in [-0.3, -0.25) is 4.68 Å². The first-order chi connectivity index (χ1) is 9.04. The maximum Gasteiger partial charge on any atom is 0.335 e. The van der Waals surface area contributed by atoms with Crippen molar-refractivity contribution in [2.75, 3.05) is 0 Å². The Bertz CT molecular complexity index is 615. The van der Waals surface area contributed by atoms with Crippen molar-refractivity contribution in [2.45, 2.75) is 33.7 Å². The standard InChI is InChI=1S/C15H18N2O2/c1-4-8-17-9-14(11(3)16-17)12-6-5-7-13(10(12)2)15(18)19/h5-7,9H,4,8H2,1-3H3,(H,18,19). The maximum absolute atomic E-state index is 11.2. The number of rotatable bonds is 4. The van der Waals surface area contributed by atoms with Crippen LogP contribution in [0.25, 0.3) is 11.1 Å². The highest BCUT2D eigenvalue weighted by molar-refractivity contribution is 5.92. The minimum absolute atomic E-state index is 0.347. The van der Waals surface area contributed by atoms with E-state index in [-0.39, 0.29) is 0 Å². The van der Waals surface area contributed by atoms with E-state index in [0.717, 1.165) is 35.3 Å². The number of carboxylic acids is 1. The molecule has 1 heterocycles. The highest BCUT2D eigenvalue weighted by Crippen LogP contribution is 2.28. The summed E-state index contributed by atoms with van der Waals surface area (Å²) >= 11 is 0. The monoisotopic (exact) mass is 258 g/mol. The van der Waals surface area contributed by atoms with Gasteiger partial charge < -0.3 is 5.11 Å². The first-order valence-electron chi connectivity index (χ1n) is 6.42. The van der Waals surface area contributed by atoms with Crippen LogP contribution < -0.4 is 0 Å². The molecule has 19 heavy (non-hydrogen) atoms. The minimum Gasteiger partial charge on any atom is -0.478 e. The van der Waals surface area contributed by atoms with Gasteiger partial charge in [0, 0.05) is 18.3 Å². The van der Waals surface area contributed by atoms with Crippen molar-refractivity contribution in [2.24, 2.45) is 0 Å². The number of hydrogen-bond acceptors (Lipinski definition) is 2. The molecule has 4 nitrogen and oxygen atoms in total. The van der Waals surface area contributed by atoms with Crippen molar-refractivity contribution in [1.82, 2.24) is 9.78 Å². The predicted octanol–water partition coefficient (Wildman–Crippen LogP) is 3.28. The first kappa shape index (κ1) is 13.3. The fraction of sp³-hybridized carbons (Fsp3) is 0.333. The lowest BCUT2D eigenvalue weighted by Gasteiger charge is -2.07. The average Bonchev–Trinajstić information content (AvgIpc) is 2.70. The van der Waals surface area contributed by atoms with Gasteiger partial charge in [-0.1, -0.05) is 19.1 Å². The molecular formula is C15H18N2O2. The SMILES string of the molecule is CCCn1cc(-c2cccc(C(=O)O)c2C)c(C)n1. The van der Waals surface area contributed by atoms with Gasteiger partial charge >= 0.3 is 5.97 Å². The summed E-state index contributed by atoms with van der Waals surface area (Å²) in [6, 6.07) is 5.36. The number of benzene rings is 1. The quantitative estimate of drug-likeness (QED) is 0.915. The van der Waals surface area contributed by atoms with E-state index in [4.69, 9.17) is 0 Å². The molecule has 2 rings (SSSR count). The summed E-state index contributed by atoms with van der Waals surface area (Å²) in [5.41, 5.74) is 4.02. The number of aromatic nitrogens is 2. The summed E-state index contributed by atoms with van der Waals surface area (Å²) < 4.78 is 1.91. The fourth-order valence-electron chi connectivity index (χ4n) is 2.29. The van der Waals surface area contributed by atoms with E-state index in [0.29, 0.717) is 5.56 Å². The van der Waals surface area contributed by atoms with Gasteiger partial charge in [0.25, 0.3) is 0 Å². The van der Waals surface area contributed by atoms with E-state index in [1.807, 2.05) is 30.8 Å². The Kier molecular flexibility index (Phi) is 3.69. The van der Waals surface area contributed by atoms with Gasteiger partial charge in [-0.2, -0.15) is 5.10 Å². The zero-order valence-corrected chi connectivity index (χ0v) is 11.5. The predicted molar refractivity (Wildman–Crippen MR) is 74.4 cm³/mol. The molecule has 4 heteroatoms. The van der Waals surface area contributed by atoms with E-state index in [2.05, 4.69) is 12.0 Å². The Hall–Kier alpha value is -2.10. The summed E-state index contributed by atoms with van der Waals surface area (Å²) in [7, 11) is 0. The van der Waals surface area contributed by atoms with Gasteiger partial charge in [-0.05, 0) is 37.5 Å². The van der Waals surface area contributed by atoms with Crippen molar-refractivity contribution in [3.63, 3.8) is 0 Å². The van der Waals surface area contributed by atoms with Crippen molar-refractivity contribution in [1.29, 1.82) is 0 Å². The molecule has 0 fully saturated rings. The summed E-state index contributed by atoms with van der Waals surface area (Å²) in [4.78, 5) is 11.2. The van der Waals surface area contributed by atoms with Crippen LogP contribution in [0.1, 0.15) is 35.0 Å². The molecule has 0 bridgehead atoms. The summed E-state index contributed by atoms with van der Waals surface area (Å²) in [5.74, 6) is -0.891. The number of hydrogen-bond donors (Lipinski definition) is 1. The van der Waals surface area contributed by atoms with Crippen molar-refractivity contribution in [3.05, 3.63) is 41.2 Å². The molecule has 0 saturated carbocycles. The third kappa shape index (κ3) is 2.52. The van der Waals surface area contributed by atoms with Crippen LogP contribution in [0.15, 0.2) is 24.4 Å². The van der Waals surface area contributed by atoms with Gasteiger partial charge in [-0.25, -0.2) is 4.79 Å².